The van der Waals surface area contributed by atoms with Crippen LogP contribution in [0.5, 0.6) is 11.5 Å². The number of hydrogen-bond acceptors (Lipinski definition) is 7. The second kappa shape index (κ2) is 8.75. The minimum Gasteiger partial charge on any atom is -0.493 e. The molecule has 0 unspecified atom stereocenters. The van der Waals surface area contributed by atoms with Gasteiger partial charge in [0.15, 0.2) is 11.5 Å². The minimum absolute atomic E-state index is 0.235. The van der Waals surface area contributed by atoms with Gasteiger partial charge in [0.25, 0.3) is 11.1 Å². The third-order valence-corrected chi connectivity index (χ3v) is 4.68. The molecule has 1 heterocycles. The summed E-state index contributed by atoms with van der Waals surface area (Å²) < 4.78 is 15.5. The Kier molecular flexibility index (Phi) is 6.68. The lowest BCUT2D eigenvalue weighted by atomic mass is 10.2. The molecular formula is C18H21NO6S. The van der Waals surface area contributed by atoms with Crippen LogP contribution < -0.4 is 9.47 Å². The largest absolute Gasteiger partial charge is 0.493 e. The van der Waals surface area contributed by atoms with Gasteiger partial charge in [-0.05, 0) is 48.9 Å². The van der Waals surface area contributed by atoms with Crippen LogP contribution in [0, 0.1) is 0 Å². The number of amides is 2. The molecule has 0 aromatic heterocycles. The Morgan fingerprint density at radius 1 is 1.23 bits per heavy atom. The molecule has 0 radical (unpaired) electrons. The molecule has 1 saturated heterocycles. The van der Waals surface area contributed by atoms with Gasteiger partial charge in [0, 0.05) is 0 Å². The zero-order valence-electron chi connectivity index (χ0n) is 15.1. The fraction of sp³-hybridized carbons (Fsp3) is 0.389. The number of ether oxygens (including phenoxy) is 3. The molecule has 26 heavy (non-hydrogen) atoms. The maximum Gasteiger partial charge on any atom is 0.326 e. The Hall–Kier alpha value is -2.48. The van der Waals surface area contributed by atoms with E-state index in [-0.39, 0.29) is 11.0 Å². The first-order valence-electron chi connectivity index (χ1n) is 8.06. The number of methoxy groups -OCH3 is 2. The Morgan fingerprint density at radius 3 is 2.54 bits per heavy atom. The van der Waals surface area contributed by atoms with E-state index in [9.17, 15) is 14.4 Å². The average molecular weight is 379 g/mol. The van der Waals surface area contributed by atoms with Gasteiger partial charge in [-0.25, -0.2) is 0 Å². The summed E-state index contributed by atoms with van der Waals surface area (Å²) in [5.74, 6) is -0.0481. The van der Waals surface area contributed by atoms with Crippen LogP contribution in [0.15, 0.2) is 23.1 Å². The van der Waals surface area contributed by atoms with Crippen molar-refractivity contribution in [2.75, 3.05) is 20.8 Å². The standard InChI is InChI=1S/C18H21NO6S/c1-5-11(2)25-16(20)10-19-17(21)15(26-18(19)22)9-12-6-7-13(23-3)14(8-12)24-4/h6-9,11H,5,10H2,1-4H3/b15-9+/t11-/m0/s1. The molecule has 1 aromatic carbocycles. The Bertz CT molecular complexity index is 745. The van der Waals surface area contributed by atoms with Gasteiger partial charge in [-0.3, -0.25) is 19.3 Å². The first kappa shape index (κ1) is 19.8. The molecule has 7 nitrogen and oxygen atoms in total. The number of imide groups is 1. The molecule has 2 amide bonds. The number of hydrogen-bond donors (Lipinski definition) is 0. The van der Waals surface area contributed by atoms with Gasteiger partial charge in [0.05, 0.1) is 25.2 Å². The smallest absolute Gasteiger partial charge is 0.326 e. The maximum absolute atomic E-state index is 12.4. The summed E-state index contributed by atoms with van der Waals surface area (Å²) in [5.41, 5.74) is 0.676. The number of benzene rings is 1. The highest BCUT2D eigenvalue weighted by Gasteiger charge is 2.36. The van der Waals surface area contributed by atoms with Gasteiger partial charge >= 0.3 is 5.97 Å². The lowest BCUT2D eigenvalue weighted by Crippen LogP contribution is -2.35. The first-order chi connectivity index (χ1) is 12.4. The molecule has 0 saturated carbocycles. The zero-order chi connectivity index (χ0) is 19.3. The highest BCUT2D eigenvalue weighted by atomic mass is 32.2. The minimum atomic E-state index is -0.603. The molecular weight excluding hydrogens is 358 g/mol. The summed E-state index contributed by atoms with van der Waals surface area (Å²) >= 11 is 0.785. The molecule has 140 valence electrons. The molecule has 1 atom stereocenters. The van der Waals surface area contributed by atoms with Crippen LogP contribution in [-0.2, 0) is 14.3 Å². The van der Waals surface area contributed by atoms with Gasteiger partial charge < -0.3 is 14.2 Å². The Labute approximate surface area is 156 Å². The van der Waals surface area contributed by atoms with E-state index in [4.69, 9.17) is 14.2 Å². The molecule has 8 heteroatoms. The third kappa shape index (κ3) is 4.57. The number of esters is 1. The number of nitrogens with zero attached hydrogens (tertiary/aromatic N) is 1. The van der Waals surface area contributed by atoms with E-state index >= 15 is 0 Å². The van der Waals surface area contributed by atoms with Crippen LogP contribution >= 0.6 is 11.8 Å². The molecule has 0 aliphatic carbocycles. The zero-order valence-corrected chi connectivity index (χ0v) is 15.9. The second-order valence-electron chi connectivity index (χ2n) is 5.59. The lowest BCUT2D eigenvalue weighted by molar-refractivity contribution is -0.150. The second-order valence-corrected chi connectivity index (χ2v) is 6.58. The van der Waals surface area contributed by atoms with E-state index < -0.39 is 23.7 Å². The fourth-order valence-electron chi connectivity index (χ4n) is 2.20. The lowest BCUT2D eigenvalue weighted by Gasteiger charge is -2.14. The number of rotatable bonds is 7. The molecule has 0 bridgehead atoms. The monoisotopic (exact) mass is 379 g/mol. The first-order valence-corrected chi connectivity index (χ1v) is 8.88. The SMILES string of the molecule is CC[C@H](C)OC(=O)CN1C(=O)S/C(=C/c2ccc(OC)c(OC)c2)C1=O. The summed E-state index contributed by atoms with van der Waals surface area (Å²) in [6, 6.07) is 5.15. The van der Waals surface area contributed by atoms with Crippen molar-refractivity contribution in [3.63, 3.8) is 0 Å². The fourth-order valence-corrected chi connectivity index (χ4v) is 3.04. The average Bonchev–Trinajstić information content (AvgIpc) is 2.88. The molecule has 2 rings (SSSR count). The quantitative estimate of drug-likeness (QED) is 0.532. The summed E-state index contributed by atoms with van der Waals surface area (Å²) in [6.07, 6.45) is 1.98. The predicted molar refractivity (Wildman–Crippen MR) is 98.1 cm³/mol. The van der Waals surface area contributed by atoms with Crippen molar-refractivity contribution in [2.45, 2.75) is 26.4 Å². The summed E-state index contributed by atoms with van der Waals surface area (Å²) in [5, 5.41) is -0.497. The van der Waals surface area contributed by atoms with E-state index in [2.05, 4.69) is 0 Å². The van der Waals surface area contributed by atoms with Crippen LogP contribution in [0.2, 0.25) is 0 Å². The number of thioether (sulfide) groups is 1. The van der Waals surface area contributed by atoms with Crippen LogP contribution in [0.1, 0.15) is 25.8 Å². The van der Waals surface area contributed by atoms with E-state index in [1.54, 1.807) is 31.2 Å². The van der Waals surface area contributed by atoms with Crippen molar-refractivity contribution in [1.82, 2.24) is 4.90 Å². The van der Waals surface area contributed by atoms with E-state index in [1.165, 1.54) is 14.2 Å². The molecule has 0 spiro atoms. The van der Waals surface area contributed by atoms with Crippen molar-refractivity contribution in [3.8, 4) is 11.5 Å². The number of carbonyl (C=O) groups excluding carboxylic acids is 3. The molecule has 0 N–H and O–H groups in total. The normalized spacial score (nSPS) is 16.8. The Morgan fingerprint density at radius 2 is 1.92 bits per heavy atom. The van der Waals surface area contributed by atoms with E-state index in [0.29, 0.717) is 23.5 Å². The van der Waals surface area contributed by atoms with Crippen LogP contribution in [0.4, 0.5) is 4.79 Å². The van der Waals surface area contributed by atoms with E-state index in [0.717, 1.165) is 16.7 Å². The highest BCUT2D eigenvalue weighted by Crippen LogP contribution is 2.34. The topological polar surface area (TPSA) is 82.1 Å². The summed E-state index contributed by atoms with van der Waals surface area (Å²) in [7, 11) is 3.04. The van der Waals surface area contributed by atoms with E-state index in [1.807, 2.05) is 6.92 Å². The van der Waals surface area contributed by atoms with Gasteiger partial charge in [0.2, 0.25) is 0 Å². The van der Waals surface area contributed by atoms with Gasteiger partial charge in [-0.15, -0.1) is 0 Å². The van der Waals surface area contributed by atoms with Gasteiger partial charge in [-0.2, -0.15) is 0 Å². The van der Waals surface area contributed by atoms with Crippen molar-refractivity contribution >= 4 is 35.0 Å². The maximum atomic E-state index is 12.4. The van der Waals surface area contributed by atoms with Crippen LogP contribution in [0.25, 0.3) is 6.08 Å². The third-order valence-electron chi connectivity index (χ3n) is 3.77. The van der Waals surface area contributed by atoms with Crippen molar-refractivity contribution < 1.29 is 28.6 Å². The molecule has 1 fully saturated rings. The summed E-state index contributed by atoms with van der Waals surface area (Å²) in [4.78, 5) is 37.5. The van der Waals surface area contributed by atoms with Crippen molar-refractivity contribution in [3.05, 3.63) is 28.7 Å². The van der Waals surface area contributed by atoms with Crippen molar-refractivity contribution in [2.24, 2.45) is 0 Å². The van der Waals surface area contributed by atoms with Gasteiger partial charge in [-0.1, -0.05) is 13.0 Å². The number of carbonyl (C=O) groups is 3. The van der Waals surface area contributed by atoms with Gasteiger partial charge in [0.1, 0.15) is 6.54 Å². The predicted octanol–water partition coefficient (Wildman–Crippen LogP) is 3.08. The Balaban J connectivity index is 2.15. The van der Waals surface area contributed by atoms with Crippen molar-refractivity contribution in [1.29, 1.82) is 0 Å². The van der Waals surface area contributed by atoms with Crippen LogP contribution in [-0.4, -0.2) is 48.9 Å². The highest BCUT2D eigenvalue weighted by molar-refractivity contribution is 8.18. The molecule has 1 aliphatic heterocycles. The summed E-state index contributed by atoms with van der Waals surface area (Å²) in [6.45, 7) is 3.24. The van der Waals surface area contributed by atoms with Crippen LogP contribution in [0.3, 0.4) is 0 Å². The molecule has 1 aliphatic rings. The molecule has 1 aromatic rings.